The van der Waals surface area contributed by atoms with Gasteiger partial charge in [-0.3, -0.25) is 9.59 Å². The van der Waals surface area contributed by atoms with Gasteiger partial charge in [-0.15, -0.1) is 12.4 Å². The van der Waals surface area contributed by atoms with E-state index in [0.717, 1.165) is 5.56 Å². The molecular weight excluding hydrogens is 330 g/mol. The summed E-state index contributed by atoms with van der Waals surface area (Å²) in [5.41, 5.74) is 6.82. The Morgan fingerprint density at radius 3 is 2.62 bits per heavy atom. The van der Waals surface area contributed by atoms with Crippen molar-refractivity contribution in [3.8, 4) is 0 Å². The molecule has 1 unspecified atom stereocenters. The van der Waals surface area contributed by atoms with Gasteiger partial charge in [0.1, 0.15) is 0 Å². The Bertz CT molecular complexity index is 539. The maximum absolute atomic E-state index is 12.5. The van der Waals surface area contributed by atoms with Gasteiger partial charge >= 0.3 is 0 Å². The standard InChI is InChI=1S/C17H25N3O3.ClH/c1-12(2)16(18)17(22)19-10-15(21)20-8-9-23-11-14(20)13-6-4-3-5-7-13;/h3-7,12,14,16H,8-11,18H2,1-2H3,(H,19,22);1H/t14?,16-;/m0./s1. The van der Waals surface area contributed by atoms with E-state index in [4.69, 9.17) is 10.5 Å². The van der Waals surface area contributed by atoms with E-state index in [-0.39, 0.29) is 42.7 Å². The molecule has 1 aromatic carbocycles. The Labute approximate surface area is 149 Å². The number of rotatable bonds is 5. The number of carbonyl (C=O) groups excluding carboxylic acids is 2. The van der Waals surface area contributed by atoms with Crippen LogP contribution in [0.3, 0.4) is 0 Å². The molecule has 2 rings (SSSR count). The van der Waals surface area contributed by atoms with Crippen molar-refractivity contribution >= 4 is 24.2 Å². The molecule has 1 saturated heterocycles. The predicted molar refractivity (Wildman–Crippen MR) is 94.8 cm³/mol. The summed E-state index contributed by atoms with van der Waals surface area (Å²) in [4.78, 5) is 26.1. The average Bonchev–Trinajstić information content (AvgIpc) is 2.59. The first-order chi connectivity index (χ1) is 11.0. The van der Waals surface area contributed by atoms with Gasteiger partial charge in [-0.05, 0) is 11.5 Å². The molecule has 7 heteroatoms. The van der Waals surface area contributed by atoms with Crippen LogP contribution in [-0.4, -0.2) is 49.1 Å². The fourth-order valence-corrected chi connectivity index (χ4v) is 2.54. The van der Waals surface area contributed by atoms with Gasteiger partial charge in [0.2, 0.25) is 11.8 Å². The highest BCUT2D eigenvalue weighted by Gasteiger charge is 2.29. The molecule has 1 aromatic rings. The number of nitrogens with two attached hydrogens (primary N) is 1. The minimum absolute atomic E-state index is 0. The fourth-order valence-electron chi connectivity index (χ4n) is 2.54. The lowest BCUT2D eigenvalue weighted by Gasteiger charge is -2.36. The summed E-state index contributed by atoms with van der Waals surface area (Å²) in [6.45, 7) is 5.20. The molecule has 3 N–H and O–H groups in total. The normalized spacial score (nSPS) is 18.7. The quantitative estimate of drug-likeness (QED) is 0.828. The van der Waals surface area contributed by atoms with Crippen LogP contribution in [0.2, 0.25) is 0 Å². The summed E-state index contributed by atoms with van der Waals surface area (Å²) < 4.78 is 5.51. The molecule has 1 fully saturated rings. The van der Waals surface area contributed by atoms with Gasteiger partial charge < -0.3 is 20.7 Å². The highest BCUT2D eigenvalue weighted by molar-refractivity contribution is 5.87. The number of benzene rings is 1. The summed E-state index contributed by atoms with van der Waals surface area (Å²) >= 11 is 0. The van der Waals surface area contributed by atoms with Crippen molar-refractivity contribution in [3.63, 3.8) is 0 Å². The van der Waals surface area contributed by atoms with Crippen molar-refractivity contribution in [3.05, 3.63) is 35.9 Å². The van der Waals surface area contributed by atoms with Crippen molar-refractivity contribution in [1.29, 1.82) is 0 Å². The number of amides is 2. The van der Waals surface area contributed by atoms with Gasteiger partial charge in [-0.25, -0.2) is 0 Å². The van der Waals surface area contributed by atoms with Gasteiger partial charge in [0.15, 0.2) is 0 Å². The van der Waals surface area contributed by atoms with Crippen molar-refractivity contribution in [2.24, 2.45) is 11.7 Å². The number of hydrogen-bond donors (Lipinski definition) is 2. The van der Waals surface area contributed by atoms with Crippen LogP contribution in [-0.2, 0) is 14.3 Å². The number of carbonyl (C=O) groups is 2. The number of morpholine rings is 1. The zero-order valence-electron chi connectivity index (χ0n) is 14.1. The summed E-state index contributed by atoms with van der Waals surface area (Å²) in [5.74, 6) is -0.380. The molecule has 24 heavy (non-hydrogen) atoms. The van der Waals surface area contributed by atoms with Crippen LogP contribution < -0.4 is 11.1 Å². The lowest BCUT2D eigenvalue weighted by atomic mass is 10.0. The van der Waals surface area contributed by atoms with Gasteiger partial charge in [0.25, 0.3) is 0 Å². The van der Waals surface area contributed by atoms with Crippen LogP contribution in [0.25, 0.3) is 0 Å². The molecule has 0 bridgehead atoms. The number of halogens is 1. The molecule has 0 spiro atoms. The number of nitrogens with zero attached hydrogens (tertiary/aromatic N) is 1. The molecule has 0 aromatic heterocycles. The van der Waals surface area contributed by atoms with E-state index in [1.54, 1.807) is 4.90 Å². The molecule has 6 nitrogen and oxygen atoms in total. The monoisotopic (exact) mass is 355 g/mol. The maximum atomic E-state index is 12.5. The van der Waals surface area contributed by atoms with Crippen molar-refractivity contribution in [2.75, 3.05) is 26.3 Å². The lowest BCUT2D eigenvalue weighted by Crippen LogP contribution is -2.50. The first-order valence-electron chi connectivity index (χ1n) is 7.96. The van der Waals surface area contributed by atoms with Crippen molar-refractivity contribution in [2.45, 2.75) is 25.9 Å². The second kappa shape index (κ2) is 9.61. The predicted octanol–water partition coefficient (Wildman–Crippen LogP) is 1.11. The Morgan fingerprint density at radius 1 is 1.33 bits per heavy atom. The van der Waals surface area contributed by atoms with E-state index < -0.39 is 6.04 Å². The molecular formula is C17H26ClN3O3. The largest absolute Gasteiger partial charge is 0.377 e. The summed E-state index contributed by atoms with van der Waals surface area (Å²) in [7, 11) is 0. The van der Waals surface area contributed by atoms with E-state index >= 15 is 0 Å². The molecule has 1 aliphatic heterocycles. The molecule has 0 radical (unpaired) electrons. The van der Waals surface area contributed by atoms with Crippen LogP contribution in [0.4, 0.5) is 0 Å². The lowest BCUT2D eigenvalue weighted by molar-refractivity contribution is -0.140. The second-order valence-electron chi connectivity index (χ2n) is 6.08. The van der Waals surface area contributed by atoms with E-state index in [2.05, 4.69) is 5.32 Å². The Balaban J connectivity index is 0.00000288. The number of nitrogens with one attached hydrogen (secondary N) is 1. The third-order valence-corrected chi connectivity index (χ3v) is 4.07. The fraction of sp³-hybridized carbons (Fsp3) is 0.529. The average molecular weight is 356 g/mol. The van der Waals surface area contributed by atoms with Gasteiger partial charge in [-0.2, -0.15) is 0 Å². The molecule has 1 heterocycles. The first kappa shape index (κ1) is 20.4. The molecule has 0 saturated carbocycles. The minimum atomic E-state index is -0.600. The molecule has 1 aliphatic rings. The van der Waals surface area contributed by atoms with Crippen LogP contribution in [0.5, 0.6) is 0 Å². The third-order valence-electron chi connectivity index (χ3n) is 4.07. The number of hydrogen-bond acceptors (Lipinski definition) is 4. The molecule has 2 amide bonds. The topological polar surface area (TPSA) is 84.7 Å². The zero-order valence-corrected chi connectivity index (χ0v) is 14.9. The van der Waals surface area contributed by atoms with Crippen molar-refractivity contribution < 1.29 is 14.3 Å². The molecule has 2 atom stereocenters. The first-order valence-corrected chi connectivity index (χ1v) is 7.96. The highest BCUT2D eigenvalue weighted by atomic mass is 35.5. The molecule has 0 aliphatic carbocycles. The van der Waals surface area contributed by atoms with E-state index in [0.29, 0.717) is 19.8 Å². The highest BCUT2D eigenvalue weighted by Crippen LogP contribution is 2.23. The molecule has 134 valence electrons. The summed E-state index contributed by atoms with van der Waals surface area (Å²) in [6, 6.07) is 9.06. The second-order valence-corrected chi connectivity index (χ2v) is 6.08. The Morgan fingerprint density at radius 2 is 2.00 bits per heavy atom. The Kier molecular flexibility index (Phi) is 8.18. The Hall–Kier alpha value is -1.63. The third kappa shape index (κ3) is 5.19. The van der Waals surface area contributed by atoms with E-state index in [1.165, 1.54) is 0 Å². The van der Waals surface area contributed by atoms with Gasteiger partial charge in [0, 0.05) is 6.54 Å². The van der Waals surface area contributed by atoms with Crippen molar-refractivity contribution in [1.82, 2.24) is 10.2 Å². The SMILES string of the molecule is CC(C)[C@H](N)C(=O)NCC(=O)N1CCOCC1c1ccccc1.Cl. The van der Waals surface area contributed by atoms with Crippen LogP contribution in [0.15, 0.2) is 30.3 Å². The van der Waals surface area contributed by atoms with E-state index in [9.17, 15) is 9.59 Å². The van der Waals surface area contributed by atoms with Gasteiger partial charge in [0.05, 0.1) is 31.8 Å². The smallest absolute Gasteiger partial charge is 0.242 e. The summed E-state index contributed by atoms with van der Waals surface area (Å²) in [5, 5.41) is 2.64. The minimum Gasteiger partial charge on any atom is -0.377 e. The van der Waals surface area contributed by atoms with Gasteiger partial charge in [-0.1, -0.05) is 44.2 Å². The van der Waals surface area contributed by atoms with Crippen LogP contribution in [0.1, 0.15) is 25.5 Å². The zero-order chi connectivity index (χ0) is 16.8. The summed E-state index contributed by atoms with van der Waals surface area (Å²) in [6.07, 6.45) is 0. The maximum Gasteiger partial charge on any atom is 0.242 e. The van der Waals surface area contributed by atoms with Crippen LogP contribution in [0, 0.1) is 5.92 Å². The van der Waals surface area contributed by atoms with Crippen LogP contribution >= 0.6 is 12.4 Å². The van der Waals surface area contributed by atoms with E-state index in [1.807, 2.05) is 44.2 Å². The number of ether oxygens (including phenoxy) is 1.